The predicted octanol–water partition coefficient (Wildman–Crippen LogP) is 5.31. The number of aliphatic imine (C=N–C) groups is 1. The highest BCUT2D eigenvalue weighted by molar-refractivity contribution is 7.21. The van der Waals surface area contributed by atoms with Gasteiger partial charge >= 0.3 is 0 Å². The van der Waals surface area contributed by atoms with Crippen LogP contribution < -0.4 is 5.32 Å². The van der Waals surface area contributed by atoms with E-state index >= 15 is 0 Å². The Morgan fingerprint density at radius 2 is 1.91 bits per heavy atom. The van der Waals surface area contributed by atoms with Crippen molar-refractivity contribution in [3.8, 4) is 0 Å². The molecule has 1 fully saturated rings. The molecule has 1 N–H and O–H groups in total. The van der Waals surface area contributed by atoms with Gasteiger partial charge in [0.05, 0.1) is 5.02 Å². The molecule has 5 rings (SSSR count). The normalized spacial score (nSPS) is 18.5. The number of nitrogens with zero attached hydrogens (tertiary/aromatic N) is 3. The maximum absolute atomic E-state index is 13.3. The highest BCUT2D eigenvalue weighted by Gasteiger charge is 2.33. The van der Waals surface area contributed by atoms with Gasteiger partial charge in [-0.15, -0.1) is 11.3 Å². The second-order valence-electron chi connectivity index (χ2n) is 8.64. The third-order valence-corrected chi connectivity index (χ3v) is 8.24. The molecule has 35 heavy (non-hydrogen) atoms. The van der Waals surface area contributed by atoms with Crippen LogP contribution in [0.15, 0.2) is 59.7 Å². The van der Waals surface area contributed by atoms with Crippen LogP contribution in [0.4, 0.5) is 0 Å². The van der Waals surface area contributed by atoms with Gasteiger partial charge in [0.1, 0.15) is 4.88 Å². The number of nitrogens with one attached hydrogen (secondary N) is 1. The van der Waals surface area contributed by atoms with E-state index in [4.69, 9.17) is 23.2 Å². The summed E-state index contributed by atoms with van der Waals surface area (Å²) in [6.45, 7) is 3.76. The number of rotatable bonds is 3. The van der Waals surface area contributed by atoms with Gasteiger partial charge in [-0.05, 0) is 42.7 Å². The van der Waals surface area contributed by atoms with E-state index in [1.807, 2.05) is 61.7 Å². The van der Waals surface area contributed by atoms with E-state index in [0.29, 0.717) is 53.4 Å². The first-order valence-electron chi connectivity index (χ1n) is 11.5. The standard InChI is InChI=1S/C26H24Cl2N4O2S/c1-16-15-31(25(33)23-22(28)20-7-2-3-8-21(20)35-23)11-12-32(16)26(34)24-29-10-9-18(14-30-24)17-5-4-6-19(27)13-17/h2-8,13-14,16H,9-12,15H2,1H3,(H,29,30). The van der Waals surface area contributed by atoms with Gasteiger partial charge in [0.15, 0.2) is 5.84 Å². The Morgan fingerprint density at radius 3 is 2.69 bits per heavy atom. The van der Waals surface area contributed by atoms with Crippen molar-refractivity contribution in [2.24, 2.45) is 4.99 Å². The molecule has 2 amide bonds. The minimum atomic E-state index is -0.159. The van der Waals surface area contributed by atoms with Crippen LogP contribution in [0.3, 0.4) is 0 Å². The van der Waals surface area contributed by atoms with E-state index in [9.17, 15) is 9.59 Å². The highest BCUT2D eigenvalue weighted by atomic mass is 35.5. The summed E-state index contributed by atoms with van der Waals surface area (Å²) < 4.78 is 0.991. The molecule has 2 aromatic carbocycles. The van der Waals surface area contributed by atoms with E-state index in [1.54, 1.807) is 9.80 Å². The van der Waals surface area contributed by atoms with Crippen LogP contribution in [-0.2, 0) is 4.79 Å². The minimum Gasteiger partial charge on any atom is -0.342 e. The van der Waals surface area contributed by atoms with Crippen molar-refractivity contribution in [2.75, 3.05) is 26.2 Å². The second kappa shape index (κ2) is 10.0. The Bertz CT molecular complexity index is 1370. The first-order valence-corrected chi connectivity index (χ1v) is 13.0. The van der Waals surface area contributed by atoms with Gasteiger partial charge in [-0.3, -0.25) is 14.6 Å². The Hall–Kier alpha value is -2.87. The fourth-order valence-corrected chi connectivity index (χ4v) is 6.15. The smallest absolute Gasteiger partial charge is 0.289 e. The van der Waals surface area contributed by atoms with Crippen LogP contribution in [0.25, 0.3) is 15.7 Å². The Labute approximate surface area is 217 Å². The Kier molecular flexibility index (Phi) is 6.82. The first kappa shape index (κ1) is 23.9. The van der Waals surface area contributed by atoms with E-state index in [1.165, 1.54) is 11.3 Å². The van der Waals surface area contributed by atoms with Crippen molar-refractivity contribution in [1.82, 2.24) is 15.1 Å². The zero-order valence-electron chi connectivity index (χ0n) is 19.1. The number of thiophene rings is 1. The fraction of sp³-hybridized carbons (Fsp3) is 0.269. The number of carbonyl (C=O) groups is 2. The molecule has 1 aromatic heterocycles. The van der Waals surface area contributed by atoms with Gasteiger partial charge in [-0.25, -0.2) is 0 Å². The third-order valence-electron chi connectivity index (χ3n) is 6.34. The monoisotopic (exact) mass is 526 g/mol. The molecule has 1 atom stereocenters. The SMILES string of the molecule is CC1CN(C(=O)c2sc3ccccc3c2Cl)CCN1C(=O)C1=NCCC(c2cccc(Cl)c2)=CN1. The molecule has 1 saturated heterocycles. The molecular weight excluding hydrogens is 503 g/mol. The lowest BCUT2D eigenvalue weighted by molar-refractivity contribution is -0.128. The summed E-state index contributed by atoms with van der Waals surface area (Å²) in [4.78, 5) is 35.2. The van der Waals surface area contributed by atoms with Crippen LogP contribution >= 0.6 is 34.5 Å². The van der Waals surface area contributed by atoms with Gasteiger partial charge < -0.3 is 15.1 Å². The molecule has 0 aliphatic carbocycles. The van der Waals surface area contributed by atoms with E-state index in [2.05, 4.69) is 10.3 Å². The van der Waals surface area contributed by atoms with Crippen LogP contribution in [0.2, 0.25) is 10.0 Å². The van der Waals surface area contributed by atoms with Gasteiger partial charge in [0, 0.05) is 53.5 Å². The van der Waals surface area contributed by atoms with Gasteiger partial charge in [0.2, 0.25) is 0 Å². The van der Waals surface area contributed by atoms with Gasteiger partial charge in [0.25, 0.3) is 11.8 Å². The zero-order chi connectivity index (χ0) is 24.5. The number of hydrogen-bond acceptors (Lipinski definition) is 5. The minimum absolute atomic E-state index is 0.0887. The lowest BCUT2D eigenvalue weighted by Crippen LogP contribution is -2.57. The first-order chi connectivity index (χ1) is 16.9. The summed E-state index contributed by atoms with van der Waals surface area (Å²) in [7, 11) is 0. The summed E-state index contributed by atoms with van der Waals surface area (Å²) in [5.74, 6) is 0.0727. The summed E-state index contributed by atoms with van der Waals surface area (Å²) in [5.41, 5.74) is 2.05. The maximum Gasteiger partial charge on any atom is 0.289 e. The maximum atomic E-state index is 13.3. The average Bonchev–Trinajstić information content (AvgIpc) is 3.03. The molecular formula is C26H24Cl2N4O2S. The highest BCUT2D eigenvalue weighted by Crippen LogP contribution is 2.36. The quantitative estimate of drug-likeness (QED) is 0.502. The number of carbonyl (C=O) groups excluding carboxylic acids is 2. The largest absolute Gasteiger partial charge is 0.342 e. The molecule has 0 saturated carbocycles. The second-order valence-corrected chi connectivity index (χ2v) is 10.5. The molecule has 3 aromatic rings. The van der Waals surface area contributed by atoms with Crippen LogP contribution in [0.1, 0.15) is 28.6 Å². The number of hydrogen-bond donors (Lipinski definition) is 1. The van der Waals surface area contributed by atoms with Gasteiger partial charge in [-0.2, -0.15) is 0 Å². The Morgan fingerprint density at radius 1 is 1.09 bits per heavy atom. The lowest BCUT2D eigenvalue weighted by Gasteiger charge is -2.39. The molecule has 9 heteroatoms. The predicted molar refractivity (Wildman–Crippen MR) is 143 cm³/mol. The summed E-state index contributed by atoms with van der Waals surface area (Å²) >= 11 is 14.1. The Balaban J connectivity index is 1.26. The van der Waals surface area contributed by atoms with Crippen LogP contribution in [-0.4, -0.2) is 59.7 Å². The summed E-state index contributed by atoms with van der Waals surface area (Å²) in [5, 5.41) is 5.17. The topological polar surface area (TPSA) is 65.0 Å². The fourth-order valence-electron chi connectivity index (χ4n) is 4.48. The molecule has 1 unspecified atom stereocenters. The number of fused-ring (bicyclic) bond motifs is 1. The molecule has 3 heterocycles. The van der Waals surface area contributed by atoms with Gasteiger partial charge in [-0.1, -0.05) is 53.5 Å². The third kappa shape index (κ3) is 4.81. The van der Waals surface area contributed by atoms with E-state index in [0.717, 1.165) is 21.2 Å². The zero-order valence-corrected chi connectivity index (χ0v) is 21.5. The number of benzene rings is 2. The van der Waals surface area contributed by atoms with Crippen molar-refractivity contribution in [3.63, 3.8) is 0 Å². The van der Waals surface area contributed by atoms with E-state index in [-0.39, 0.29) is 17.9 Å². The molecule has 2 aliphatic rings. The van der Waals surface area contributed by atoms with Crippen molar-refractivity contribution >= 4 is 67.8 Å². The van der Waals surface area contributed by atoms with Crippen molar-refractivity contribution in [3.05, 3.63) is 75.2 Å². The number of amidine groups is 1. The van der Waals surface area contributed by atoms with Crippen molar-refractivity contribution in [1.29, 1.82) is 0 Å². The van der Waals surface area contributed by atoms with Crippen molar-refractivity contribution < 1.29 is 9.59 Å². The van der Waals surface area contributed by atoms with Crippen molar-refractivity contribution in [2.45, 2.75) is 19.4 Å². The molecule has 0 radical (unpaired) electrons. The molecule has 6 nitrogen and oxygen atoms in total. The number of amides is 2. The molecule has 180 valence electrons. The van der Waals surface area contributed by atoms with Crippen LogP contribution in [0, 0.1) is 0 Å². The summed E-state index contributed by atoms with van der Waals surface area (Å²) in [6.07, 6.45) is 2.54. The van der Waals surface area contributed by atoms with Crippen LogP contribution in [0.5, 0.6) is 0 Å². The number of halogens is 2. The molecule has 0 spiro atoms. The molecule has 2 aliphatic heterocycles. The van der Waals surface area contributed by atoms with E-state index < -0.39 is 0 Å². The average molecular weight is 527 g/mol. The lowest BCUT2D eigenvalue weighted by atomic mass is 10.0. The molecule has 0 bridgehead atoms. The summed E-state index contributed by atoms with van der Waals surface area (Å²) in [6, 6.07) is 15.2. The number of piperazine rings is 1.